The summed E-state index contributed by atoms with van der Waals surface area (Å²) in [5.41, 5.74) is 8.57. The van der Waals surface area contributed by atoms with Gasteiger partial charge in [-0.2, -0.15) is 0 Å². The van der Waals surface area contributed by atoms with Crippen LogP contribution in [0.25, 0.3) is 0 Å². The number of nitrogens with one attached hydrogen (secondary N) is 1. The van der Waals surface area contributed by atoms with Crippen molar-refractivity contribution in [1.29, 1.82) is 0 Å². The Morgan fingerprint density at radius 3 is 2.33 bits per heavy atom. The van der Waals surface area contributed by atoms with E-state index in [1.54, 1.807) is 44.2 Å². The molecule has 2 aliphatic rings. The van der Waals surface area contributed by atoms with E-state index in [2.05, 4.69) is 26.1 Å². The highest BCUT2D eigenvalue weighted by Crippen LogP contribution is 2.31. The number of carbonyl (C=O) groups excluding carboxylic acids is 6. The number of amides is 4. The molecule has 0 radical (unpaired) electrons. The number of hydroxylamine groups is 2. The number of piperidine rings is 1. The van der Waals surface area contributed by atoms with E-state index in [1.807, 2.05) is 12.1 Å². The lowest BCUT2D eigenvalue weighted by Gasteiger charge is -2.34. The molecule has 2 atom stereocenters. The molecule has 1 fully saturated rings. The second-order valence-electron chi connectivity index (χ2n) is 12.0. The lowest BCUT2D eigenvalue weighted by molar-refractivity contribution is -0.209. The zero-order chi connectivity index (χ0) is 30.9. The van der Waals surface area contributed by atoms with Gasteiger partial charge in [-0.05, 0) is 40.5 Å². The number of nitrogens with two attached hydrogens (primary N) is 1. The van der Waals surface area contributed by atoms with E-state index >= 15 is 0 Å². The van der Waals surface area contributed by atoms with Gasteiger partial charge < -0.3 is 20.8 Å². The van der Waals surface area contributed by atoms with Crippen LogP contribution in [0.2, 0.25) is 0 Å². The summed E-state index contributed by atoms with van der Waals surface area (Å²) in [6, 6.07) is 9.83. The molecule has 2 heterocycles. The predicted octanol–water partition coefficient (Wildman–Crippen LogP) is 2.40. The number of benzene rings is 2. The first-order chi connectivity index (χ1) is 19.7. The van der Waals surface area contributed by atoms with E-state index in [0.717, 1.165) is 5.56 Å². The van der Waals surface area contributed by atoms with Gasteiger partial charge in [-0.1, -0.05) is 71.0 Å². The van der Waals surface area contributed by atoms with Crippen LogP contribution in [-0.4, -0.2) is 57.4 Å². The Bertz CT molecular complexity index is 1440. The molecule has 0 spiro atoms. The molecular formula is C31H36N4O7. The summed E-state index contributed by atoms with van der Waals surface area (Å²) >= 11 is 0. The predicted molar refractivity (Wildman–Crippen MR) is 151 cm³/mol. The molecule has 1 saturated heterocycles. The van der Waals surface area contributed by atoms with Crippen molar-refractivity contribution in [3.63, 3.8) is 0 Å². The quantitative estimate of drug-likeness (QED) is 0.276. The topological polar surface area (TPSA) is 156 Å². The lowest BCUT2D eigenvalue weighted by Crippen LogP contribution is -2.56. The van der Waals surface area contributed by atoms with Crippen molar-refractivity contribution in [2.75, 3.05) is 0 Å². The van der Waals surface area contributed by atoms with E-state index in [4.69, 9.17) is 10.6 Å². The van der Waals surface area contributed by atoms with Gasteiger partial charge in [0.2, 0.25) is 5.78 Å². The van der Waals surface area contributed by atoms with Crippen LogP contribution in [0.1, 0.15) is 84.9 Å². The lowest BCUT2D eigenvalue weighted by atomic mass is 9.86. The van der Waals surface area contributed by atoms with Gasteiger partial charge in [0.15, 0.2) is 0 Å². The molecule has 4 rings (SSSR count). The summed E-state index contributed by atoms with van der Waals surface area (Å²) in [6.45, 7) is 9.60. The highest BCUT2D eigenvalue weighted by molar-refractivity contribution is 6.42. The monoisotopic (exact) mass is 576 g/mol. The highest BCUT2D eigenvalue weighted by Gasteiger charge is 2.45. The van der Waals surface area contributed by atoms with E-state index in [0.29, 0.717) is 21.8 Å². The van der Waals surface area contributed by atoms with Crippen LogP contribution in [0, 0.1) is 5.92 Å². The van der Waals surface area contributed by atoms with Gasteiger partial charge in [-0.15, -0.1) is 5.06 Å². The Morgan fingerprint density at radius 2 is 1.71 bits per heavy atom. The minimum atomic E-state index is -1.04. The highest BCUT2D eigenvalue weighted by atomic mass is 16.7. The van der Waals surface area contributed by atoms with Gasteiger partial charge in [0.05, 0.1) is 0 Å². The second kappa shape index (κ2) is 11.8. The molecule has 11 nitrogen and oxygen atoms in total. The van der Waals surface area contributed by atoms with Gasteiger partial charge in [-0.3, -0.25) is 24.0 Å². The number of carbonyl (C=O) groups is 6. The summed E-state index contributed by atoms with van der Waals surface area (Å²) in [4.78, 5) is 83.2. The average molecular weight is 577 g/mol. The Kier molecular flexibility index (Phi) is 8.63. The molecule has 222 valence electrons. The fraction of sp³-hybridized carbons (Fsp3) is 0.419. The molecule has 4 amide bonds. The molecule has 0 aromatic heterocycles. The molecule has 42 heavy (non-hydrogen) atoms. The van der Waals surface area contributed by atoms with Crippen molar-refractivity contribution >= 4 is 35.4 Å². The number of nitrogens with zero attached hydrogens (tertiary/aromatic N) is 2. The third kappa shape index (κ3) is 6.11. The first-order valence-electron chi connectivity index (χ1n) is 13.9. The normalized spacial score (nSPS) is 17.8. The number of imide groups is 1. The summed E-state index contributed by atoms with van der Waals surface area (Å²) < 4.78 is 0. The van der Waals surface area contributed by atoms with Crippen molar-refractivity contribution in [1.82, 2.24) is 15.3 Å². The fourth-order valence-corrected chi connectivity index (χ4v) is 4.90. The maximum atomic E-state index is 13.3. The number of hydrogen-bond donors (Lipinski definition) is 2. The van der Waals surface area contributed by atoms with Gasteiger partial charge in [0.25, 0.3) is 23.6 Å². The van der Waals surface area contributed by atoms with E-state index in [-0.39, 0.29) is 42.8 Å². The molecule has 2 unspecified atom stereocenters. The minimum Gasteiger partial charge on any atom is -0.345 e. The Balaban J connectivity index is 1.45. The molecule has 2 aromatic rings. The standard InChI is InChI=1S/C31H36N4O7/c1-17(2)25(32)30(41)42-35-24(36)14-13-23(29(35)40)34-16-22-19(7-6-8-21(22)28(34)39)15-33-27(38)26(37)18-9-11-20(12-10-18)31(3,4)5/h6-12,17,23,25H,13-16,32H2,1-5H3,(H,33,38). The molecule has 0 saturated carbocycles. The molecular weight excluding hydrogens is 540 g/mol. The van der Waals surface area contributed by atoms with Gasteiger partial charge in [-0.25, -0.2) is 4.79 Å². The number of fused-ring (bicyclic) bond motifs is 1. The van der Waals surface area contributed by atoms with Gasteiger partial charge in [0, 0.05) is 30.6 Å². The number of hydrogen-bond acceptors (Lipinski definition) is 8. The molecule has 3 N–H and O–H groups in total. The van der Waals surface area contributed by atoms with Crippen molar-refractivity contribution in [2.45, 2.75) is 78.0 Å². The van der Waals surface area contributed by atoms with E-state index < -0.39 is 47.5 Å². The average Bonchev–Trinajstić information content (AvgIpc) is 3.29. The van der Waals surface area contributed by atoms with Gasteiger partial charge >= 0.3 is 5.97 Å². The van der Waals surface area contributed by atoms with Crippen LogP contribution in [0.15, 0.2) is 42.5 Å². The zero-order valence-corrected chi connectivity index (χ0v) is 24.4. The summed E-state index contributed by atoms with van der Waals surface area (Å²) in [5.74, 6) is -4.59. The van der Waals surface area contributed by atoms with Crippen LogP contribution < -0.4 is 11.1 Å². The number of rotatable bonds is 8. The fourth-order valence-electron chi connectivity index (χ4n) is 4.90. The van der Waals surface area contributed by atoms with E-state index in [9.17, 15) is 28.8 Å². The zero-order valence-electron chi connectivity index (χ0n) is 24.4. The van der Waals surface area contributed by atoms with Gasteiger partial charge in [0.1, 0.15) is 12.1 Å². The number of ketones is 1. The Labute approximate surface area is 244 Å². The summed E-state index contributed by atoms with van der Waals surface area (Å²) in [5, 5.41) is 3.05. The van der Waals surface area contributed by atoms with Crippen LogP contribution in [0.5, 0.6) is 0 Å². The molecule has 11 heteroatoms. The van der Waals surface area contributed by atoms with Crippen LogP contribution in [-0.2, 0) is 42.5 Å². The van der Waals surface area contributed by atoms with Crippen molar-refractivity contribution < 1.29 is 33.6 Å². The second-order valence-corrected chi connectivity index (χ2v) is 12.0. The third-order valence-electron chi connectivity index (χ3n) is 7.64. The molecule has 2 aliphatic heterocycles. The molecule has 0 bridgehead atoms. The first-order valence-corrected chi connectivity index (χ1v) is 13.9. The molecule has 2 aromatic carbocycles. The molecule has 0 aliphatic carbocycles. The maximum absolute atomic E-state index is 13.3. The SMILES string of the molecule is CC(C)C(N)C(=O)ON1C(=O)CCC(N2Cc3c(CNC(=O)C(=O)c4ccc(C(C)(C)C)cc4)cccc3C2=O)C1=O. The van der Waals surface area contributed by atoms with Crippen molar-refractivity contribution in [3.8, 4) is 0 Å². The van der Waals surface area contributed by atoms with Crippen molar-refractivity contribution in [2.24, 2.45) is 11.7 Å². The van der Waals surface area contributed by atoms with Crippen molar-refractivity contribution in [3.05, 3.63) is 70.3 Å². The summed E-state index contributed by atoms with van der Waals surface area (Å²) in [7, 11) is 0. The Hall–Kier alpha value is -4.38. The first kappa shape index (κ1) is 30.6. The number of Topliss-reactive ketones (excluding diaryl/α,β-unsaturated/α-hetero) is 1. The van der Waals surface area contributed by atoms with E-state index in [1.165, 1.54) is 4.90 Å². The van der Waals surface area contributed by atoms with Crippen LogP contribution in [0.3, 0.4) is 0 Å². The summed E-state index contributed by atoms with van der Waals surface area (Å²) in [6.07, 6.45) is -0.0429. The smallest absolute Gasteiger partial charge is 0.345 e. The van der Waals surface area contributed by atoms with Crippen LogP contribution >= 0.6 is 0 Å². The third-order valence-corrected chi connectivity index (χ3v) is 7.64. The van der Waals surface area contributed by atoms with Crippen LogP contribution in [0.4, 0.5) is 0 Å². The minimum absolute atomic E-state index is 0.0110. The Morgan fingerprint density at radius 1 is 1.05 bits per heavy atom. The maximum Gasteiger partial charge on any atom is 0.349 e. The largest absolute Gasteiger partial charge is 0.349 e.